The minimum Gasteiger partial charge on any atom is -0.444 e. The van der Waals surface area contributed by atoms with Crippen LogP contribution in [0, 0.1) is 0 Å². The van der Waals surface area contributed by atoms with Gasteiger partial charge < -0.3 is 15.0 Å². The van der Waals surface area contributed by atoms with E-state index in [0.717, 1.165) is 6.54 Å². The standard InChI is InChI=1S/C12H21N3O3/c1-11(2,3)18-10(17)15-7-12(8-15)9(16)13-5-6-14(12)4/h5-8H2,1-4H3,(H,13,16). The number of nitrogens with one attached hydrogen (secondary N) is 1. The van der Waals surface area contributed by atoms with Gasteiger partial charge in [0.15, 0.2) is 0 Å². The molecule has 102 valence electrons. The van der Waals surface area contributed by atoms with E-state index in [0.29, 0.717) is 19.6 Å². The fourth-order valence-corrected chi connectivity index (χ4v) is 2.31. The van der Waals surface area contributed by atoms with Crippen molar-refractivity contribution >= 4 is 12.0 Å². The molecule has 0 aromatic heterocycles. The minimum absolute atomic E-state index is 0.0102. The van der Waals surface area contributed by atoms with Crippen molar-refractivity contribution in [1.82, 2.24) is 15.1 Å². The van der Waals surface area contributed by atoms with Gasteiger partial charge >= 0.3 is 6.09 Å². The molecule has 0 aromatic carbocycles. The van der Waals surface area contributed by atoms with Crippen molar-refractivity contribution in [1.29, 1.82) is 0 Å². The summed E-state index contributed by atoms with van der Waals surface area (Å²) in [6.07, 6.45) is -0.347. The van der Waals surface area contributed by atoms with Gasteiger partial charge in [0.2, 0.25) is 5.91 Å². The Bertz CT molecular complexity index is 369. The number of hydrogen-bond donors (Lipinski definition) is 1. The summed E-state index contributed by atoms with van der Waals surface area (Å²) in [6.45, 7) is 7.80. The van der Waals surface area contributed by atoms with Crippen molar-refractivity contribution in [3.05, 3.63) is 0 Å². The second kappa shape index (κ2) is 4.12. The Hall–Kier alpha value is -1.30. The lowest BCUT2D eigenvalue weighted by Crippen LogP contribution is -2.79. The van der Waals surface area contributed by atoms with E-state index in [1.54, 1.807) is 4.90 Å². The van der Waals surface area contributed by atoms with Crippen LogP contribution in [0.1, 0.15) is 20.8 Å². The topological polar surface area (TPSA) is 61.9 Å². The van der Waals surface area contributed by atoms with Crippen LogP contribution in [0.15, 0.2) is 0 Å². The summed E-state index contributed by atoms with van der Waals surface area (Å²) in [7, 11) is 1.92. The van der Waals surface area contributed by atoms with Gasteiger partial charge in [-0.2, -0.15) is 0 Å². The normalized spacial score (nSPS) is 23.6. The van der Waals surface area contributed by atoms with Crippen LogP contribution in [0.4, 0.5) is 4.79 Å². The fraction of sp³-hybridized carbons (Fsp3) is 0.833. The molecule has 2 aliphatic heterocycles. The minimum atomic E-state index is -0.546. The molecule has 0 bridgehead atoms. The van der Waals surface area contributed by atoms with E-state index in [9.17, 15) is 9.59 Å². The molecule has 2 saturated heterocycles. The maximum atomic E-state index is 11.9. The summed E-state index contributed by atoms with van der Waals surface area (Å²) in [6, 6.07) is 0. The number of amides is 2. The SMILES string of the molecule is CN1CCNC(=O)C12CN(C(=O)OC(C)(C)C)C2. The van der Waals surface area contributed by atoms with E-state index in [2.05, 4.69) is 5.32 Å². The second-order valence-electron chi connectivity index (χ2n) is 6.05. The van der Waals surface area contributed by atoms with Gasteiger partial charge in [0.05, 0.1) is 13.1 Å². The molecular formula is C12H21N3O3. The molecule has 1 N–H and O–H groups in total. The number of likely N-dealkylation sites (N-methyl/N-ethyl adjacent to an activating group) is 1. The van der Waals surface area contributed by atoms with Gasteiger partial charge in [0.25, 0.3) is 0 Å². The zero-order chi connectivity index (χ0) is 13.6. The molecule has 2 heterocycles. The van der Waals surface area contributed by atoms with Crippen LogP contribution in [0.3, 0.4) is 0 Å². The number of likely N-dealkylation sites (tertiary alicyclic amines) is 1. The largest absolute Gasteiger partial charge is 0.444 e. The van der Waals surface area contributed by atoms with E-state index in [4.69, 9.17) is 4.74 Å². The summed E-state index contributed by atoms with van der Waals surface area (Å²) < 4.78 is 5.28. The zero-order valence-electron chi connectivity index (χ0n) is 11.4. The molecule has 2 fully saturated rings. The average Bonchev–Trinajstić information content (AvgIpc) is 2.11. The van der Waals surface area contributed by atoms with Crippen LogP contribution in [-0.2, 0) is 9.53 Å². The highest BCUT2D eigenvalue weighted by atomic mass is 16.6. The average molecular weight is 255 g/mol. The lowest BCUT2D eigenvalue weighted by Gasteiger charge is -2.54. The van der Waals surface area contributed by atoms with Gasteiger partial charge in [-0.1, -0.05) is 0 Å². The maximum absolute atomic E-state index is 11.9. The Morgan fingerprint density at radius 1 is 1.39 bits per heavy atom. The molecule has 18 heavy (non-hydrogen) atoms. The van der Waals surface area contributed by atoms with E-state index in [1.165, 1.54) is 0 Å². The third-order valence-corrected chi connectivity index (χ3v) is 3.44. The third kappa shape index (κ3) is 2.16. The molecule has 2 amide bonds. The van der Waals surface area contributed by atoms with Gasteiger partial charge in [-0.25, -0.2) is 4.79 Å². The fourth-order valence-electron chi connectivity index (χ4n) is 2.31. The van der Waals surface area contributed by atoms with Crippen LogP contribution in [0.25, 0.3) is 0 Å². The van der Waals surface area contributed by atoms with E-state index in [1.807, 2.05) is 32.7 Å². The van der Waals surface area contributed by atoms with Crippen LogP contribution in [0.2, 0.25) is 0 Å². The number of carbonyl (C=O) groups is 2. The van der Waals surface area contributed by atoms with Crippen molar-refractivity contribution < 1.29 is 14.3 Å². The van der Waals surface area contributed by atoms with Gasteiger partial charge in [-0.15, -0.1) is 0 Å². The highest BCUT2D eigenvalue weighted by molar-refractivity contribution is 5.90. The molecule has 0 aromatic rings. The molecule has 6 nitrogen and oxygen atoms in total. The summed E-state index contributed by atoms with van der Waals surface area (Å²) in [5.74, 6) is 0.0102. The monoisotopic (exact) mass is 255 g/mol. The molecule has 0 saturated carbocycles. The van der Waals surface area contributed by atoms with Crippen molar-refractivity contribution in [3.63, 3.8) is 0 Å². The Labute approximate surface area is 107 Å². The summed E-state index contributed by atoms with van der Waals surface area (Å²) in [4.78, 5) is 27.4. The summed E-state index contributed by atoms with van der Waals surface area (Å²) in [5.41, 5.74) is -1.05. The van der Waals surface area contributed by atoms with Crippen molar-refractivity contribution in [2.24, 2.45) is 0 Å². The highest BCUT2D eigenvalue weighted by Crippen LogP contribution is 2.30. The number of carbonyl (C=O) groups excluding carboxylic acids is 2. The first-order chi connectivity index (χ1) is 8.24. The number of piperazine rings is 1. The van der Waals surface area contributed by atoms with Crippen molar-refractivity contribution in [3.8, 4) is 0 Å². The maximum Gasteiger partial charge on any atom is 0.410 e. The Kier molecular flexibility index (Phi) is 3.01. The van der Waals surface area contributed by atoms with E-state index in [-0.39, 0.29) is 12.0 Å². The molecule has 0 aliphatic carbocycles. The summed E-state index contributed by atoms with van der Waals surface area (Å²) in [5, 5.41) is 2.85. The molecule has 0 radical (unpaired) electrons. The Morgan fingerprint density at radius 3 is 2.50 bits per heavy atom. The molecule has 0 atom stereocenters. The molecule has 6 heteroatoms. The lowest BCUT2D eigenvalue weighted by molar-refractivity contribution is -0.148. The second-order valence-corrected chi connectivity index (χ2v) is 6.05. The highest BCUT2D eigenvalue weighted by Gasteiger charge is 2.55. The van der Waals surface area contributed by atoms with Gasteiger partial charge in [-0.3, -0.25) is 9.69 Å². The number of nitrogens with zero attached hydrogens (tertiary/aromatic N) is 2. The predicted octanol–water partition coefficient (Wildman–Crippen LogP) is 0.0375. The third-order valence-electron chi connectivity index (χ3n) is 3.44. The number of rotatable bonds is 0. The van der Waals surface area contributed by atoms with Crippen LogP contribution in [-0.4, -0.2) is 66.2 Å². The first-order valence-corrected chi connectivity index (χ1v) is 6.22. The molecular weight excluding hydrogens is 234 g/mol. The molecule has 2 aliphatic rings. The van der Waals surface area contributed by atoms with Gasteiger partial charge in [0, 0.05) is 13.1 Å². The smallest absolute Gasteiger partial charge is 0.410 e. The van der Waals surface area contributed by atoms with Crippen LogP contribution in [0.5, 0.6) is 0 Å². The van der Waals surface area contributed by atoms with Crippen LogP contribution >= 0.6 is 0 Å². The first-order valence-electron chi connectivity index (χ1n) is 6.22. The summed E-state index contributed by atoms with van der Waals surface area (Å²) >= 11 is 0. The Balaban J connectivity index is 1.96. The van der Waals surface area contributed by atoms with E-state index >= 15 is 0 Å². The molecule has 1 spiro atoms. The number of ether oxygens (including phenoxy) is 1. The Morgan fingerprint density at radius 2 is 2.00 bits per heavy atom. The lowest BCUT2D eigenvalue weighted by atomic mass is 9.86. The molecule has 2 rings (SSSR count). The van der Waals surface area contributed by atoms with Crippen LogP contribution < -0.4 is 5.32 Å². The quantitative estimate of drug-likeness (QED) is 0.664. The predicted molar refractivity (Wildman–Crippen MR) is 66.2 cm³/mol. The van der Waals surface area contributed by atoms with E-state index < -0.39 is 11.1 Å². The van der Waals surface area contributed by atoms with Crippen molar-refractivity contribution in [2.45, 2.75) is 31.9 Å². The van der Waals surface area contributed by atoms with Crippen molar-refractivity contribution in [2.75, 3.05) is 33.2 Å². The first kappa shape index (κ1) is 13.1. The van der Waals surface area contributed by atoms with Gasteiger partial charge in [-0.05, 0) is 27.8 Å². The van der Waals surface area contributed by atoms with Gasteiger partial charge in [0.1, 0.15) is 11.1 Å². The zero-order valence-corrected chi connectivity index (χ0v) is 11.4. The molecule has 0 unspecified atom stereocenters. The number of hydrogen-bond acceptors (Lipinski definition) is 4.